The van der Waals surface area contributed by atoms with Crippen LogP contribution in [0.2, 0.25) is 0 Å². The van der Waals surface area contributed by atoms with Crippen LogP contribution in [0.25, 0.3) is 11.1 Å². The quantitative estimate of drug-likeness (QED) is 0.607. The summed E-state index contributed by atoms with van der Waals surface area (Å²) in [5.74, 6) is -1.34. The molecule has 0 atom stereocenters. The Morgan fingerprint density at radius 2 is 1.59 bits per heavy atom. The van der Waals surface area contributed by atoms with E-state index in [-0.39, 0.29) is 5.84 Å². The molecule has 2 aromatic carbocycles. The third kappa shape index (κ3) is 2.47. The molecule has 0 aromatic heterocycles. The van der Waals surface area contributed by atoms with Crippen molar-refractivity contribution >= 4 is 5.84 Å². The molecule has 0 heterocycles. The second-order valence-corrected chi connectivity index (χ2v) is 3.65. The average Bonchev–Trinajstić information content (AvgIpc) is 2.28. The molecule has 0 saturated carbocycles. The Balaban J connectivity index is 2.52. The monoisotopic (exact) mass is 232 g/mol. The smallest absolute Gasteiger partial charge is 0.126 e. The molecule has 0 unspecified atom stereocenters. The standard InChI is InChI=1S/C13H10F2N2/c14-11-5-10(6-12(15)7-11)8-2-1-3-9(4-8)13(16)17/h1-7H,(H3,16,17). The van der Waals surface area contributed by atoms with E-state index in [1.54, 1.807) is 24.3 Å². The van der Waals surface area contributed by atoms with Crippen molar-refractivity contribution in [1.29, 1.82) is 5.41 Å². The maximum absolute atomic E-state index is 13.1. The number of hydrogen-bond donors (Lipinski definition) is 2. The highest BCUT2D eigenvalue weighted by atomic mass is 19.1. The van der Waals surface area contributed by atoms with Crippen molar-refractivity contribution in [3.8, 4) is 11.1 Å². The van der Waals surface area contributed by atoms with Gasteiger partial charge in [0.1, 0.15) is 17.5 Å². The molecule has 0 aliphatic carbocycles. The summed E-state index contributed by atoms with van der Waals surface area (Å²) in [7, 11) is 0. The Bertz CT molecular complexity index is 559. The van der Waals surface area contributed by atoms with Crippen LogP contribution in [0.5, 0.6) is 0 Å². The summed E-state index contributed by atoms with van der Waals surface area (Å²) in [6.45, 7) is 0. The third-order valence-electron chi connectivity index (χ3n) is 2.37. The fraction of sp³-hybridized carbons (Fsp3) is 0. The maximum atomic E-state index is 13.1. The predicted octanol–water partition coefficient (Wildman–Crippen LogP) is 2.92. The highest BCUT2D eigenvalue weighted by Gasteiger charge is 2.04. The molecule has 4 heteroatoms. The van der Waals surface area contributed by atoms with Gasteiger partial charge in [-0.3, -0.25) is 5.41 Å². The third-order valence-corrected chi connectivity index (χ3v) is 2.37. The van der Waals surface area contributed by atoms with Gasteiger partial charge < -0.3 is 5.73 Å². The van der Waals surface area contributed by atoms with Crippen molar-refractivity contribution < 1.29 is 8.78 Å². The van der Waals surface area contributed by atoms with E-state index in [0.717, 1.165) is 6.07 Å². The minimum Gasteiger partial charge on any atom is -0.384 e. The lowest BCUT2D eigenvalue weighted by molar-refractivity contribution is 0.584. The van der Waals surface area contributed by atoms with Crippen molar-refractivity contribution in [2.75, 3.05) is 0 Å². The molecule has 0 amide bonds. The molecule has 0 radical (unpaired) electrons. The number of nitrogen functional groups attached to an aromatic ring is 1. The zero-order chi connectivity index (χ0) is 12.4. The largest absolute Gasteiger partial charge is 0.384 e. The van der Waals surface area contributed by atoms with Gasteiger partial charge in [-0.15, -0.1) is 0 Å². The van der Waals surface area contributed by atoms with Crippen LogP contribution in [0.15, 0.2) is 42.5 Å². The summed E-state index contributed by atoms with van der Waals surface area (Å²) in [6, 6.07) is 9.98. The van der Waals surface area contributed by atoms with E-state index in [2.05, 4.69) is 0 Å². The minimum absolute atomic E-state index is 0.0799. The van der Waals surface area contributed by atoms with Gasteiger partial charge >= 0.3 is 0 Å². The van der Waals surface area contributed by atoms with E-state index in [1.165, 1.54) is 12.1 Å². The van der Waals surface area contributed by atoms with Crippen LogP contribution in [0.1, 0.15) is 5.56 Å². The van der Waals surface area contributed by atoms with E-state index in [0.29, 0.717) is 16.7 Å². The van der Waals surface area contributed by atoms with E-state index in [9.17, 15) is 8.78 Å². The molecule has 0 fully saturated rings. The molecule has 86 valence electrons. The lowest BCUT2D eigenvalue weighted by atomic mass is 10.0. The zero-order valence-electron chi connectivity index (χ0n) is 8.87. The van der Waals surface area contributed by atoms with Gasteiger partial charge in [-0.1, -0.05) is 18.2 Å². The highest BCUT2D eigenvalue weighted by Crippen LogP contribution is 2.22. The number of benzene rings is 2. The molecule has 0 bridgehead atoms. The van der Waals surface area contributed by atoms with Gasteiger partial charge in [-0.05, 0) is 29.3 Å². The number of hydrogen-bond acceptors (Lipinski definition) is 1. The van der Waals surface area contributed by atoms with Crippen LogP contribution < -0.4 is 5.73 Å². The van der Waals surface area contributed by atoms with Gasteiger partial charge in [0.05, 0.1) is 0 Å². The van der Waals surface area contributed by atoms with Gasteiger partial charge in [-0.25, -0.2) is 8.78 Å². The lowest BCUT2D eigenvalue weighted by Crippen LogP contribution is -2.10. The molecule has 0 aliphatic heterocycles. The van der Waals surface area contributed by atoms with Crippen LogP contribution >= 0.6 is 0 Å². The maximum Gasteiger partial charge on any atom is 0.126 e. The topological polar surface area (TPSA) is 49.9 Å². The number of nitrogens with one attached hydrogen (secondary N) is 1. The molecule has 17 heavy (non-hydrogen) atoms. The molecule has 3 N–H and O–H groups in total. The van der Waals surface area contributed by atoms with Crippen LogP contribution in [-0.2, 0) is 0 Å². The van der Waals surface area contributed by atoms with Crippen molar-refractivity contribution in [3.05, 3.63) is 59.7 Å². The summed E-state index contributed by atoms with van der Waals surface area (Å²) >= 11 is 0. The predicted molar refractivity (Wildman–Crippen MR) is 62.8 cm³/mol. The first-order valence-electron chi connectivity index (χ1n) is 4.97. The Morgan fingerprint density at radius 3 is 2.18 bits per heavy atom. The SMILES string of the molecule is N=C(N)c1cccc(-c2cc(F)cc(F)c2)c1. The molecular weight excluding hydrogens is 222 g/mol. The first-order valence-corrected chi connectivity index (χ1v) is 4.97. The van der Waals surface area contributed by atoms with E-state index < -0.39 is 11.6 Å². The number of nitrogens with two attached hydrogens (primary N) is 1. The summed E-state index contributed by atoms with van der Waals surface area (Å²) < 4.78 is 26.1. The summed E-state index contributed by atoms with van der Waals surface area (Å²) in [6.07, 6.45) is 0. The normalized spacial score (nSPS) is 10.2. The summed E-state index contributed by atoms with van der Waals surface area (Å²) in [5.41, 5.74) is 6.92. The molecule has 2 rings (SSSR count). The molecule has 0 aliphatic rings. The molecular formula is C13H10F2N2. The first kappa shape index (κ1) is 11.3. The first-order chi connectivity index (χ1) is 8.06. The van der Waals surface area contributed by atoms with Gasteiger partial charge in [0.2, 0.25) is 0 Å². The Hall–Kier alpha value is -2.23. The van der Waals surface area contributed by atoms with Crippen LogP contribution in [0.3, 0.4) is 0 Å². The summed E-state index contributed by atoms with van der Waals surface area (Å²) in [5, 5.41) is 7.31. The van der Waals surface area contributed by atoms with E-state index >= 15 is 0 Å². The van der Waals surface area contributed by atoms with Gasteiger partial charge in [0.25, 0.3) is 0 Å². The van der Waals surface area contributed by atoms with E-state index in [1.807, 2.05) is 0 Å². The van der Waals surface area contributed by atoms with Crippen LogP contribution in [0.4, 0.5) is 8.78 Å². The number of halogens is 2. The van der Waals surface area contributed by atoms with Crippen molar-refractivity contribution in [1.82, 2.24) is 0 Å². The fourth-order valence-corrected chi connectivity index (χ4v) is 1.59. The molecule has 2 aromatic rings. The fourth-order valence-electron chi connectivity index (χ4n) is 1.59. The Labute approximate surface area is 97.2 Å². The molecule has 0 spiro atoms. The number of rotatable bonds is 2. The second-order valence-electron chi connectivity index (χ2n) is 3.65. The van der Waals surface area contributed by atoms with E-state index in [4.69, 9.17) is 11.1 Å². The highest BCUT2D eigenvalue weighted by molar-refractivity contribution is 5.96. The van der Waals surface area contributed by atoms with Crippen molar-refractivity contribution in [2.45, 2.75) is 0 Å². The van der Waals surface area contributed by atoms with Crippen LogP contribution in [-0.4, -0.2) is 5.84 Å². The lowest BCUT2D eigenvalue weighted by Gasteiger charge is -2.05. The Kier molecular flexibility index (Phi) is 2.87. The number of amidine groups is 1. The van der Waals surface area contributed by atoms with Crippen molar-refractivity contribution in [3.63, 3.8) is 0 Å². The Morgan fingerprint density at radius 1 is 0.941 bits per heavy atom. The zero-order valence-corrected chi connectivity index (χ0v) is 8.87. The minimum atomic E-state index is -0.631. The average molecular weight is 232 g/mol. The molecule has 2 nitrogen and oxygen atoms in total. The van der Waals surface area contributed by atoms with Gasteiger partial charge in [0.15, 0.2) is 0 Å². The summed E-state index contributed by atoms with van der Waals surface area (Å²) in [4.78, 5) is 0. The van der Waals surface area contributed by atoms with Gasteiger partial charge in [0, 0.05) is 11.6 Å². The van der Waals surface area contributed by atoms with Gasteiger partial charge in [-0.2, -0.15) is 0 Å². The second kappa shape index (κ2) is 4.33. The van der Waals surface area contributed by atoms with Crippen molar-refractivity contribution in [2.24, 2.45) is 5.73 Å². The molecule has 0 saturated heterocycles. The van der Waals surface area contributed by atoms with Crippen LogP contribution in [0, 0.1) is 17.0 Å².